The standard InChI is InChI=1S/C33H22F3N3OS/c1-40-27-14-7-21(8-15-27)20-39(26-5-3-2-4-6-26)32-30-28-16-11-23(22-9-12-25(13-10-22)33(34,35)36)17-29(28)41-31(30)24(18-37)19-38-32/h2-17,19H,20H2,1H3. The van der Waals surface area contributed by atoms with E-state index in [1.807, 2.05) is 72.8 Å². The third-order valence-corrected chi connectivity index (χ3v) is 8.15. The van der Waals surface area contributed by atoms with Gasteiger partial charge in [0.05, 0.1) is 22.9 Å². The summed E-state index contributed by atoms with van der Waals surface area (Å²) in [5.41, 5.74) is 3.26. The Bertz CT molecular complexity index is 1890. The van der Waals surface area contributed by atoms with E-state index in [4.69, 9.17) is 9.72 Å². The second-order valence-electron chi connectivity index (χ2n) is 9.47. The summed E-state index contributed by atoms with van der Waals surface area (Å²) in [6.07, 6.45) is -2.78. The van der Waals surface area contributed by atoms with Crippen molar-refractivity contribution in [3.8, 4) is 22.9 Å². The predicted molar refractivity (Wildman–Crippen MR) is 158 cm³/mol. The largest absolute Gasteiger partial charge is 0.497 e. The molecule has 41 heavy (non-hydrogen) atoms. The van der Waals surface area contributed by atoms with Gasteiger partial charge in [-0.2, -0.15) is 18.4 Å². The molecule has 4 nitrogen and oxygen atoms in total. The molecular formula is C33H22F3N3OS. The first-order chi connectivity index (χ1) is 19.9. The minimum atomic E-state index is -4.39. The Labute approximate surface area is 238 Å². The summed E-state index contributed by atoms with van der Waals surface area (Å²) < 4.78 is 46.3. The van der Waals surface area contributed by atoms with Crippen LogP contribution >= 0.6 is 11.3 Å². The first-order valence-corrected chi connectivity index (χ1v) is 13.6. The Hall–Kier alpha value is -4.87. The van der Waals surface area contributed by atoms with Crippen molar-refractivity contribution >= 4 is 43.0 Å². The van der Waals surface area contributed by atoms with Gasteiger partial charge in [0.2, 0.25) is 0 Å². The summed E-state index contributed by atoms with van der Waals surface area (Å²) in [5, 5.41) is 11.7. The van der Waals surface area contributed by atoms with Gasteiger partial charge in [-0.15, -0.1) is 11.3 Å². The van der Waals surface area contributed by atoms with Crippen LogP contribution in [-0.2, 0) is 12.7 Å². The number of thiophene rings is 1. The molecule has 0 aliphatic carbocycles. The number of halogens is 3. The molecule has 0 unspecified atom stereocenters. The number of anilines is 2. The van der Waals surface area contributed by atoms with Gasteiger partial charge in [0, 0.05) is 33.9 Å². The van der Waals surface area contributed by atoms with Crippen LogP contribution in [0.5, 0.6) is 5.75 Å². The Kier molecular flexibility index (Phi) is 6.82. The van der Waals surface area contributed by atoms with Gasteiger partial charge in [0.1, 0.15) is 17.6 Å². The number of benzene rings is 4. The molecule has 0 radical (unpaired) electrons. The number of fused-ring (bicyclic) bond motifs is 3. The van der Waals surface area contributed by atoms with Crippen molar-refractivity contribution in [3.05, 3.63) is 120 Å². The number of nitriles is 1. The number of ether oxygens (including phenoxy) is 1. The lowest BCUT2D eigenvalue weighted by Crippen LogP contribution is -2.18. The highest BCUT2D eigenvalue weighted by Gasteiger charge is 2.30. The van der Waals surface area contributed by atoms with Crippen LogP contribution in [0, 0.1) is 11.3 Å². The van der Waals surface area contributed by atoms with Gasteiger partial charge in [-0.3, -0.25) is 0 Å². The molecule has 0 aliphatic heterocycles. The van der Waals surface area contributed by atoms with Crippen molar-refractivity contribution < 1.29 is 17.9 Å². The van der Waals surface area contributed by atoms with Crippen molar-refractivity contribution in [2.24, 2.45) is 0 Å². The van der Waals surface area contributed by atoms with Gasteiger partial charge in [-0.05, 0) is 59.2 Å². The Morgan fingerprint density at radius 3 is 2.27 bits per heavy atom. The van der Waals surface area contributed by atoms with E-state index in [1.165, 1.54) is 23.5 Å². The summed E-state index contributed by atoms with van der Waals surface area (Å²) in [4.78, 5) is 6.92. The average molecular weight is 566 g/mol. The predicted octanol–water partition coefficient (Wildman–Crippen LogP) is 9.35. The molecule has 6 rings (SSSR count). The minimum Gasteiger partial charge on any atom is -0.497 e. The van der Waals surface area contributed by atoms with Crippen LogP contribution in [0.15, 0.2) is 103 Å². The zero-order valence-electron chi connectivity index (χ0n) is 21.8. The molecule has 0 spiro atoms. The van der Waals surface area contributed by atoms with Crippen LogP contribution in [0.25, 0.3) is 31.3 Å². The fraction of sp³-hybridized carbons (Fsp3) is 0.0909. The first-order valence-electron chi connectivity index (χ1n) is 12.7. The molecule has 202 valence electrons. The number of hydrogen-bond acceptors (Lipinski definition) is 5. The van der Waals surface area contributed by atoms with Crippen LogP contribution in [0.3, 0.4) is 0 Å². The van der Waals surface area contributed by atoms with E-state index in [-0.39, 0.29) is 0 Å². The van der Waals surface area contributed by atoms with E-state index < -0.39 is 11.7 Å². The lowest BCUT2D eigenvalue weighted by molar-refractivity contribution is -0.137. The highest BCUT2D eigenvalue weighted by Crippen LogP contribution is 2.44. The molecule has 8 heteroatoms. The van der Waals surface area contributed by atoms with Gasteiger partial charge in [0.25, 0.3) is 0 Å². The third-order valence-electron chi connectivity index (χ3n) is 6.96. The molecule has 0 fully saturated rings. The summed E-state index contributed by atoms with van der Waals surface area (Å²) in [6.45, 7) is 0.531. The Morgan fingerprint density at radius 1 is 0.902 bits per heavy atom. The third kappa shape index (κ3) is 5.08. The number of alkyl halides is 3. The molecule has 0 saturated heterocycles. The van der Waals surface area contributed by atoms with Crippen LogP contribution in [0.1, 0.15) is 16.7 Å². The first kappa shape index (κ1) is 26.4. The number of para-hydroxylation sites is 1. The van der Waals surface area contributed by atoms with E-state index in [0.29, 0.717) is 17.7 Å². The van der Waals surface area contributed by atoms with Crippen molar-refractivity contribution in [3.63, 3.8) is 0 Å². The molecule has 4 aromatic carbocycles. The van der Waals surface area contributed by atoms with Gasteiger partial charge >= 0.3 is 6.18 Å². The Balaban J connectivity index is 1.50. The van der Waals surface area contributed by atoms with Crippen molar-refractivity contribution in [2.45, 2.75) is 12.7 Å². The van der Waals surface area contributed by atoms with Gasteiger partial charge in [0.15, 0.2) is 0 Å². The number of pyridine rings is 1. The van der Waals surface area contributed by atoms with E-state index in [1.54, 1.807) is 13.3 Å². The number of rotatable bonds is 6. The maximum Gasteiger partial charge on any atom is 0.416 e. The van der Waals surface area contributed by atoms with Crippen molar-refractivity contribution in [2.75, 3.05) is 12.0 Å². The number of nitrogens with zero attached hydrogens (tertiary/aromatic N) is 3. The normalized spacial score (nSPS) is 11.5. The smallest absolute Gasteiger partial charge is 0.416 e. The summed E-state index contributed by atoms with van der Waals surface area (Å²) in [5.74, 6) is 1.49. The molecule has 0 amide bonds. The molecule has 0 aliphatic rings. The molecule has 0 atom stereocenters. The van der Waals surface area contributed by atoms with Crippen LogP contribution in [0.4, 0.5) is 24.7 Å². The van der Waals surface area contributed by atoms with Gasteiger partial charge in [-0.25, -0.2) is 4.98 Å². The minimum absolute atomic E-state index is 0.471. The zero-order chi connectivity index (χ0) is 28.6. The highest BCUT2D eigenvalue weighted by molar-refractivity contribution is 7.26. The van der Waals surface area contributed by atoms with E-state index in [2.05, 4.69) is 11.0 Å². The lowest BCUT2D eigenvalue weighted by Gasteiger charge is -2.25. The maximum atomic E-state index is 13.1. The molecule has 2 heterocycles. The van der Waals surface area contributed by atoms with Gasteiger partial charge in [-0.1, -0.05) is 54.6 Å². The molecule has 0 saturated carbocycles. The van der Waals surface area contributed by atoms with Crippen LogP contribution in [0.2, 0.25) is 0 Å². The lowest BCUT2D eigenvalue weighted by atomic mass is 10.0. The van der Waals surface area contributed by atoms with E-state index >= 15 is 0 Å². The maximum absolute atomic E-state index is 13.1. The zero-order valence-corrected chi connectivity index (χ0v) is 22.6. The summed E-state index contributed by atoms with van der Waals surface area (Å²) in [6, 6.07) is 31.1. The fourth-order valence-corrected chi connectivity index (χ4v) is 6.08. The van der Waals surface area contributed by atoms with Crippen LogP contribution in [-0.4, -0.2) is 12.1 Å². The quantitative estimate of drug-likeness (QED) is 0.202. The summed E-state index contributed by atoms with van der Waals surface area (Å²) >= 11 is 1.48. The number of methoxy groups -OCH3 is 1. The molecule has 0 bridgehead atoms. The monoisotopic (exact) mass is 565 g/mol. The fourth-order valence-electron chi connectivity index (χ4n) is 4.88. The second kappa shape index (κ2) is 10.6. The molecular weight excluding hydrogens is 543 g/mol. The molecule has 2 aromatic heterocycles. The van der Waals surface area contributed by atoms with Crippen LogP contribution < -0.4 is 9.64 Å². The van der Waals surface area contributed by atoms with E-state index in [0.717, 1.165) is 60.7 Å². The number of aromatic nitrogens is 1. The van der Waals surface area contributed by atoms with Gasteiger partial charge < -0.3 is 9.64 Å². The summed E-state index contributed by atoms with van der Waals surface area (Å²) in [7, 11) is 1.63. The second-order valence-corrected chi connectivity index (χ2v) is 10.5. The van der Waals surface area contributed by atoms with Crippen molar-refractivity contribution in [1.82, 2.24) is 4.98 Å². The van der Waals surface area contributed by atoms with E-state index in [9.17, 15) is 18.4 Å². The molecule has 6 aromatic rings. The average Bonchev–Trinajstić information content (AvgIpc) is 3.39. The SMILES string of the molecule is COc1ccc(CN(c2ccccc2)c2ncc(C#N)c3sc4cc(-c5ccc(C(F)(F)F)cc5)ccc4c23)cc1. The Morgan fingerprint density at radius 2 is 1.61 bits per heavy atom. The number of hydrogen-bond donors (Lipinski definition) is 0. The topological polar surface area (TPSA) is 49.1 Å². The van der Waals surface area contributed by atoms with Crippen molar-refractivity contribution in [1.29, 1.82) is 5.26 Å². The highest BCUT2D eigenvalue weighted by atomic mass is 32.1. The molecule has 0 N–H and O–H groups in total.